The molecule has 0 bridgehead atoms. The highest BCUT2D eigenvalue weighted by Gasteiger charge is 2.16. The Morgan fingerprint density at radius 2 is 1.89 bits per heavy atom. The molecule has 0 saturated heterocycles. The fourth-order valence-electron chi connectivity index (χ4n) is 4.04. The van der Waals surface area contributed by atoms with E-state index in [9.17, 15) is 9.59 Å². The molecule has 0 fully saturated rings. The molecule has 0 unspecified atom stereocenters. The predicted octanol–water partition coefficient (Wildman–Crippen LogP) is 5.89. The summed E-state index contributed by atoms with van der Waals surface area (Å²) < 4.78 is 9.46. The lowest BCUT2D eigenvalue weighted by molar-refractivity contribution is -0.131. The maximum Gasteiger partial charge on any atom is 0.308 e. The van der Waals surface area contributed by atoms with Gasteiger partial charge in [0.15, 0.2) is 0 Å². The third-order valence-corrected chi connectivity index (χ3v) is 6.52. The fraction of sp³-hybridized carbons (Fsp3) is 0.259. The molecule has 0 saturated carbocycles. The van der Waals surface area contributed by atoms with Crippen LogP contribution in [0.4, 0.5) is 0 Å². The number of carbonyl (C=O) groups excluding carboxylic acids is 1. The summed E-state index contributed by atoms with van der Waals surface area (Å²) in [6.45, 7) is 9.50. The highest BCUT2D eigenvalue weighted by atomic mass is 79.9. The van der Waals surface area contributed by atoms with Crippen molar-refractivity contribution in [2.75, 3.05) is 0 Å². The highest BCUT2D eigenvalue weighted by molar-refractivity contribution is 9.10. The number of aryl methyl sites for hydroxylation is 1. The summed E-state index contributed by atoms with van der Waals surface area (Å²) in [5, 5.41) is 5.13. The largest absolute Gasteiger partial charge is 0.427 e. The molecule has 2 heterocycles. The number of nitrogens with zero attached hydrogens (tertiary/aromatic N) is 4. The number of fused-ring (bicyclic) bond motifs is 1. The van der Waals surface area contributed by atoms with Crippen molar-refractivity contribution in [3.05, 3.63) is 86.1 Å². The lowest BCUT2D eigenvalue weighted by atomic mass is 10.1. The molecule has 0 aliphatic heterocycles. The number of rotatable bonds is 6. The Balaban J connectivity index is 1.77. The standard InChI is InChI=1S/C27H27BrN4O3/c1-6-16(2)26-30-25-12-7-21(28)14-24(25)27(34)32(26)29-15-20-13-17(3)31(18(20)4)22-8-10-23(11-9-22)35-19(5)33/h7-16H,6H2,1-5H3/t16-/m0/s1. The van der Waals surface area contributed by atoms with Crippen molar-refractivity contribution in [2.45, 2.75) is 47.0 Å². The molecular weight excluding hydrogens is 508 g/mol. The third kappa shape index (κ3) is 4.98. The Morgan fingerprint density at radius 3 is 2.54 bits per heavy atom. The number of halogens is 1. The van der Waals surface area contributed by atoms with Crippen LogP contribution in [0.1, 0.15) is 55.9 Å². The molecule has 8 heteroatoms. The summed E-state index contributed by atoms with van der Waals surface area (Å²) in [7, 11) is 0. The Bertz CT molecular complexity index is 1500. The van der Waals surface area contributed by atoms with Crippen LogP contribution in [0.15, 0.2) is 62.9 Å². The second kappa shape index (κ2) is 10.00. The summed E-state index contributed by atoms with van der Waals surface area (Å²) in [5.41, 5.74) is 4.28. The lowest BCUT2D eigenvalue weighted by Gasteiger charge is -2.14. The second-order valence-corrected chi connectivity index (χ2v) is 9.47. The van der Waals surface area contributed by atoms with Crippen LogP contribution in [-0.2, 0) is 4.79 Å². The van der Waals surface area contributed by atoms with Gasteiger partial charge in [-0.15, -0.1) is 0 Å². The SMILES string of the molecule is CC[C@H](C)c1nc2ccc(Br)cc2c(=O)n1N=Cc1cc(C)n(-c2ccc(OC(C)=O)cc2)c1C. The monoisotopic (exact) mass is 534 g/mol. The van der Waals surface area contributed by atoms with E-state index < -0.39 is 0 Å². The molecule has 2 aromatic carbocycles. The second-order valence-electron chi connectivity index (χ2n) is 8.55. The maximum absolute atomic E-state index is 13.4. The van der Waals surface area contributed by atoms with E-state index in [1.807, 2.05) is 51.1 Å². The van der Waals surface area contributed by atoms with Crippen LogP contribution in [0.5, 0.6) is 5.75 Å². The first-order valence-corrected chi connectivity index (χ1v) is 12.2. The molecule has 4 rings (SSSR count). The molecule has 0 radical (unpaired) electrons. The summed E-state index contributed by atoms with van der Waals surface area (Å²) in [6, 6.07) is 14.9. The average Bonchev–Trinajstić information content (AvgIpc) is 3.11. The summed E-state index contributed by atoms with van der Waals surface area (Å²) in [6.07, 6.45) is 2.55. The van der Waals surface area contributed by atoms with Crippen LogP contribution < -0.4 is 10.3 Å². The topological polar surface area (TPSA) is 78.5 Å². The van der Waals surface area contributed by atoms with Crippen molar-refractivity contribution in [1.29, 1.82) is 0 Å². The quantitative estimate of drug-likeness (QED) is 0.175. The van der Waals surface area contributed by atoms with Crippen molar-refractivity contribution in [1.82, 2.24) is 14.2 Å². The van der Waals surface area contributed by atoms with Gasteiger partial charge < -0.3 is 9.30 Å². The number of hydrogen-bond donors (Lipinski definition) is 0. The van der Waals surface area contributed by atoms with Gasteiger partial charge in [-0.2, -0.15) is 9.78 Å². The van der Waals surface area contributed by atoms with Gasteiger partial charge in [-0.05, 0) is 68.8 Å². The van der Waals surface area contributed by atoms with Gasteiger partial charge in [0.2, 0.25) is 0 Å². The van der Waals surface area contributed by atoms with Crippen molar-refractivity contribution in [2.24, 2.45) is 5.10 Å². The molecule has 2 aromatic heterocycles. The molecule has 0 aliphatic rings. The molecule has 0 aliphatic carbocycles. The zero-order valence-electron chi connectivity index (χ0n) is 20.4. The molecule has 0 amide bonds. The first-order valence-electron chi connectivity index (χ1n) is 11.4. The zero-order valence-corrected chi connectivity index (χ0v) is 22.0. The van der Waals surface area contributed by atoms with Gasteiger partial charge in [-0.25, -0.2) is 4.98 Å². The maximum atomic E-state index is 13.4. The van der Waals surface area contributed by atoms with E-state index in [2.05, 4.69) is 32.5 Å². The summed E-state index contributed by atoms with van der Waals surface area (Å²) in [4.78, 5) is 29.3. The normalized spacial score (nSPS) is 12.4. The van der Waals surface area contributed by atoms with Crippen molar-refractivity contribution < 1.29 is 9.53 Å². The first-order chi connectivity index (χ1) is 16.7. The Labute approximate surface area is 212 Å². The van der Waals surface area contributed by atoms with Crippen molar-refractivity contribution in [3.8, 4) is 11.4 Å². The van der Waals surface area contributed by atoms with E-state index in [1.165, 1.54) is 11.6 Å². The Hall–Kier alpha value is -3.52. The minimum atomic E-state index is -0.355. The summed E-state index contributed by atoms with van der Waals surface area (Å²) in [5.74, 6) is 0.847. The Kier molecular flexibility index (Phi) is 7.03. The van der Waals surface area contributed by atoms with Gasteiger partial charge in [0.05, 0.1) is 17.1 Å². The van der Waals surface area contributed by atoms with Gasteiger partial charge in [0.1, 0.15) is 11.6 Å². The van der Waals surface area contributed by atoms with Crippen LogP contribution in [0.2, 0.25) is 0 Å². The van der Waals surface area contributed by atoms with Crippen molar-refractivity contribution >= 4 is 39.0 Å². The van der Waals surface area contributed by atoms with Crippen LogP contribution in [0, 0.1) is 13.8 Å². The number of ether oxygens (including phenoxy) is 1. The van der Waals surface area contributed by atoms with E-state index in [0.717, 1.165) is 33.5 Å². The minimum Gasteiger partial charge on any atom is -0.427 e. The number of carbonyl (C=O) groups is 1. The highest BCUT2D eigenvalue weighted by Crippen LogP contribution is 2.23. The predicted molar refractivity (Wildman–Crippen MR) is 142 cm³/mol. The summed E-state index contributed by atoms with van der Waals surface area (Å²) >= 11 is 3.44. The van der Waals surface area contributed by atoms with Gasteiger partial charge >= 0.3 is 5.97 Å². The zero-order chi connectivity index (χ0) is 25.3. The van der Waals surface area contributed by atoms with E-state index in [0.29, 0.717) is 22.5 Å². The van der Waals surface area contributed by atoms with Crippen LogP contribution in [0.3, 0.4) is 0 Å². The van der Waals surface area contributed by atoms with E-state index in [4.69, 9.17) is 9.72 Å². The van der Waals surface area contributed by atoms with Gasteiger partial charge in [0, 0.05) is 40.0 Å². The third-order valence-electron chi connectivity index (χ3n) is 6.03. The molecule has 4 aromatic rings. The van der Waals surface area contributed by atoms with Crippen LogP contribution in [-0.4, -0.2) is 26.4 Å². The molecular formula is C27H27BrN4O3. The lowest BCUT2D eigenvalue weighted by Crippen LogP contribution is -2.23. The fourth-order valence-corrected chi connectivity index (χ4v) is 4.40. The average molecular weight is 535 g/mol. The number of benzene rings is 2. The molecule has 35 heavy (non-hydrogen) atoms. The van der Waals surface area contributed by atoms with E-state index in [1.54, 1.807) is 24.4 Å². The van der Waals surface area contributed by atoms with Gasteiger partial charge in [-0.1, -0.05) is 29.8 Å². The Morgan fingerprint density at radius 1 is 1.17 bits per heavy atom. The smallest absolute Gasteiger partial charge is 0.308 e. The minimum absolute atomic E-state index is 0.0658. The van der Waals surface area contributed by atoms with Crippen LogP contribution >= 0.6 is 15.9 Å². The number of hydrogen-bond acceptors (Lipinski definition) is 5. The van der Waals surface area contributed by atoms with Crippen molar-refractivity contribution in [3.63, 3.8) is 0 Å². The number of esters is 1. The number of aromatic nitrogens is 3. The molecule has 7 nitrogen and oxygen atoms in total. The van der Waals surface area contributed by atoms with Gasteiger partial charge in [0.25, 0.3) is 5.56 Å². The molecule has 0 spiro atoms. The van der Waals surface area contributed by atoms with E-state index in [-0.39, 0.29) is 17.4 Å². The first kappa shape index (κ1) is 24.6. The van der Waals surface area contributed by atoms with E-state index >= 15 is 0 Å². The molecule has 180 valence electrons. The van der Waals surface area contributed by atoms with Crippen LogP contribution in [0.25, 0.3) is 16.6 Å². The van der Waals surface area contributed by atoms with Gasteiger partial charge in [-0.3, -0.25) is 9.59 Å². The molecule has 0 N–H and O–H groups in total. The molecule has 1 atom stereocenters.